The minimum atomic E-state index is 0. The van der Waals surface area contributed by atoms with Crippen LogP contribution in [0.15, 0.2) is 36.4 Å². The quantitative estimate of drug-likeness (QED) is 0.514. The molecule has 1 atom stereocenters. The van der Waals surface area contributed by atoms with Crippen molar-refractivity contribution in [1.29, 1.82) is 0 Å². The van der Waals surface area contributed by atoms with E-state index in [2.05, 4.69) is 60.6 Å². The first kappa shape index (κ1) is 24.0. The van der Waals surface area contributed by atoms with Gasteiger partial charge in [-0.05, 0) is 67.9 Å². The second-order valence-corrected chi connectivity index (χ2v) is 9.62. The van der Waals surface area contributed by atoms with Gasteiger partial charge in [0.2, 0.25) is 0 Å². The van der Waals surface area contributed by atoms with E-state index in [-0.39, 0.29) is 38.4 Å². The Hall–Kier alpha value is -1.06. The Balaban J connectivity index is 0.00000364. The number of hydrogen-bond acceptors (Lipinski definition) is 2. The van der Waals surface area contributed by atoms with Crippen molar-refractivity contribution in [3.05, 3.63) is 58.7 Å². The third-order valence-electron chi connectivity index (χ3n) is 4.34. The molecule has 0 aliphatic heterocycles. The second kappa shape index (κ2) is 9.93. The van der Waals surface area contributed by atoms with Gasteiger partial charge in [-0.15, -0.1) is 0 Å². The van der Waals surface area contributed by atoms with Crippen LogP contribution < -0.4 is 10.0 Å². The van der Waals surface area contributed by atoms with Crippen molar-refractivity contribution >= 4 is 38.3 Å². The fourth-order valence-electron chi connectivity index (χ4n) is 2.77. The maximum absolute atomic E-state index is 12.8. The molecule has 0 fully saturated rings. The Morgan fingerprint density at radius 1 is 1.04 bits per heavy atom. The Labute approximate surface area is 178 Å². The molecule has 2 rings (SSSR count). The van der Waals surface area contributed by atoms with Gasteiger partial charge in [-0.1, -0.05) is 58.9 Å². The predicted molar refractivity (Wildman–Crippen MR) is 121 cm³/mol. The summed E-state index contributed by atoms with van der Waals surface area (Å²) in [6, 6.07) is 12.2. The number of carbonyl (C=O) groups is 1. The monoisotopic (exact) mass is 378 g/mol. The zero-order valence-corrected chi connectivity index (χ0v) is 18.1. The van der Waals surface area contributed by atoms with Crippen LogP contribution in [0.5, 0.6) is 5.75 Å². The van der Waals surface area contributed by atoms with E-state index in [9.17, 15) is 4.79 Å². The molecule has 1 unspecified atom stereocenters. The summed E-state index contributed by atoms with van der Waals surface area (Å²) in [6.45, 7) is 15.7. The number of hydrogen-bond donors (Lipinski definition) is 0. The van der Waals surface area contributed by atoms with Crippen LogP contribution in [0, 0.1) is 19.8 Å². The molecule has 2 aromatic rings. The van der Waals surface area contributed by atoms with Crippen LogP contribution >= 0.6 is 8.58 Å². The average Bonchev–Trinajstić information content (AvgIpc) is 2.55. The van der Waals surface area contributed by atoms with E-state index in [0.717, 1.165) is 27.7 Å². The summed E-state index contributed by atoms with van der Waals surface area (Å²) < 4.78 is 5.84. The average molecular weight is 378 g/mol. The first-order chi connectivity index (χ1) is 12.1. The number of rotatable bonds is 6. The van der Waals surface area contributed by atoms with Crippen molar-refractivity contribution in [3.63, 3.8) is 0 Å². The van der Waals surface area contributed by atoms with Crippen LogP contribution in [0.4, 0.5) is 0 Å². The number of benzene rings is 2. The molecule has 0 radical (unpaired) electrons. The third kappa shape index (κ3) is 6.80. The van der Waals surface area contributed by atoms with Crippen LogP contribution in [0.2, 0.25) is 0 Å². The Bertz CT molecular complexity index is 751. The van der Waals surface area contributed by atoms with Crippen molar-refractivity contribution in [3.8, 4) is 5.75 Å². The van der Waals surface area contributed by atoms with E-state index < -0.39 is 0 Å². The summed E-state index contributed by atoms with van der Waals surface area (Å²) in [5.74, 6) is 1.39. The Kier molecular flexibility index (Phi) is 8.82. The van der Waals surface area contributed by atoms with E-state index in [1.54, 1.807) is 0 Å². The molecule has 0 N–H and O–H groups in total. The molecule has 0 aliphatic rings. The topological polar surface area (TPSA) is 26.3 Å². The summed E-state index contributed by atoms with van der Waals surface area (Å²) in [5.41, 5.74) is 4.57. The molecule has 142 valence electrons. The van der Waals surface area contributed by atoms with Crippen molar-refractivity contribution in [1.82, 2.24) is 0 Å². The predicted octanol–water partition coefficient (Wildman–Crippen LogP) is 5.13. The molecule has 0 aliphatic carbocycles. The molecule has 2 nitrogen and oxygen atoms in total. The zero-order chi connectivity index (χ0) is 19.5. The third-order valence-corrected chi connectivity index (χ3v) is 5.90. The number of ether oxygens (including phenoxy) is 1. The molecule has 27 heavy (non-hydrogen) atoms. The van der Waals surface area contributed by atoms with E-state index >= 15 is 0 Å². The minimum absolute atomic E-state index is 0. The first-order valence-corrected chi connectivity index (χ1v) is 10.2. The van der Waals surface area contributed by atoms with Gasteiger partial charge >= 0.3 is 18.9 Å². The Morgan fingerprint density at radius 3 is 2.00 bits per heavy atom. The molecule has 2 aromatic carbocycles. The van der Waals surface area contributed by atoms with Crippen molar-refractivity contribution in [2.24, 2.45) is 5.92 Å². The molecular formula is C23H32LiO2P. The summed E-state index contributed by atoms with van der Waals surface area (Å²) in [4.78, 5) is 12.8. The molecule has 4 heteroatoms. The maximum atomic E-state index is 12.8. The molecule has 0 heterocycles. The SMILES string of the molecule is Cc1cc(OCC(C)C)cc(C)c1PC(=O)c1ccc(C(C)(C)C)cc1.[LiH]. The van der Waals surface area contributed by atoms with Gasteiger partial charge < -0.3 is 4.74 Å². The van der Waals surface area contributed by atoms with Gasteiger partial charge in [0.1, 0.15) is 5.75 Å². The van der Waals surface area contributed by atoms with Crippen molar-refractivity contribution in [2.45, 2.75) is 53.9 Å². The molecule has 0 aromatic heterocycles. The first-order valence-electron chi connectivity index (χ1n) is 9.24. The summed E-state index contributed by atoms with van der Waals surface area (Å²) in [5, 5.41) is 1.13. The van der Waals surface area contributed by atoms with Gasteiger partial charge in [0.05, 0.1) is 6.61 Å². The molecule has 0 bridgehead atoms. The van der Waals surface area contributed by atoms with Crippen molar-refractivity contribution < 1.29 is 9.53 Å². The number of carbonyl (C=O) groups excluding carboxylic acids is 1. The van der Waals surface area contributed by atoms with E-state index in [1.165, 1.54) is 5.56 Å². The molecular weight excluding hydrogens is 346 g/mol. The molecule has 0 saturated carbocycles. The van der Waals surface area contributed by atoms with Crippen LogP contribution in [0.25, 0.3) is 0 Å². The van der Waals surface area contributed by atoms with Gasteiger partial charge in [0.25, 0.3) is 0 Å². The van der Waals surface area contributed by atoms with Crippen LogP contribution in [0.3, 0.4) is 0 Å². The van der Waals surface area contributed by atoms with Crippen LogP contribution in [-0.4, -0.2) is 31.0 Å². The Morgan fingerprint density at radius 2 is 1.56 bits per heavy atom. The summed E-state index contributed by atoms with van der Waals surface area (Å²) in [7, 11) is 0.136. The normalized spacial score (nSPS) is 11.7. The standard InChI is InChI=1S/C23H31O2P.Li.H/c1-15(2)14-25-20-12-16(3)21(17(4)13-20)26-22(24)18-8-10-19(11-9-18)23(5,6)7;;/h8-13,15,26H,14H2,1-7H3;;. The van der Waals surface area contributed by atoms with Crippen LogP contribution in [0.1, 0.15) is 61.7 Å². The van der Waals surface area contributed by atoms with E-state index in [0.29, 0.717) is 12.5 Å². The zero-order valence-electron chi connectivity index (χ0n) is 17.1. The van der Waals surface area contributed by atoms with E-state index in [4.69, 9.17) is 4.74 Å². The van der Waals surface area contributed by atoms with Gasteiger partial charge in [-0.3, -0.25) is 4.79 Å². The molecule has 0 saturated heterocycles. The van der Waals surface area contributed by atoms with Gasteiger partial charge in [0, 0.05) is 5.56 Å². The summed E-state index contributed by atoms with van der Waals surface area (Å²) >= 11 is 0. The second-order valence-electron chi connectivity index (χ2n) is 8.42. The number of aryl methyl sites for hydroxylation is 2. The molecule has 0 spiro atoms. The van der Waals surface area contributed by atoms with Gasteiger partial charge in [0.15, 0.2) is 5.52 Å². The fraction of sp³-hybridized carbons (Fsp3) is 0.435. The fourth-order valence-corrected chi connectivity index (χ4v) is 3.85. The van der Waals surface area contributed by atoms with Crippen molar-refractivity contribution in [2.75, 3.05) is 6.61 Å². The van der Waals surface area contributed by atoms with Gasteiger partial charge in [-0.25, -0.2) is 0 Å². The van der Waals surface area contributed by atoms with Gasteiger partial charge in [-0.2, -0.15) is 0 Å². The van der Waals surface area contributed by atoms with E-state index in [1.807, 2.05) is 24.3 Å². The summed E-state index contributed by atoms with van der Waals surface area (Å²) in [6.07, 6.45) is 0. The van der Waals surface area contributed by atoms with Crippen LogP contribution in [-0.2, 0) is 5.41 Å². The molecule has 0 amide bonds.